The van der Waals surface area contributed by atoms with Crippen molar-refractivity contribution < 1.29 is 4.79 Å². The van der Waals surface area contributed by atoms with Crippen LogP contribution in [-0.2, 0) is 24.3 Å². The Morgan fingerprint density at radius 2 is 1.92 bits per heavy atom. The van der Waals surface area contributed by atoms with Gasteiger partial charge in [-0.3, -0.25) is 14.7 Å². The van der Waals surface area contributed by atoms with Crippen LogP contribution in [-0.4, -0.2) is 40.3 Å². The molecule has 2 aliphatic heterocycles. The van der Waals surface area contributed by atoms with Gasteiger partial charge in [-0.15, -0.1) is 0 Å². The van der Waals surface area contributed by atoms with Crippen molar-refractivity contribution in [3.63, 3.8) is 0 Å². The van der Waals surface area contributed by atoms with E-state index in [1.807, 2.05) is 18.3 Å². The molecule has 4 nitrogen and oxygen atoms in total. The van der Waals surface area contributed by atoms with E-state index in [1.165, 1.54) is 11.1 Å². The summed E-state index contributed by atoms with van der Waals surface area (Å²) in [6.45, 7) is 4.38. The zero-order chi connectivity index (χ0) is 17.1. The normalized spacial score (nSPS) is 21.0. The largest absolute Gasteiger partial charge is 0.338 e. The summed E-state index contributed by atoms with van der Waals surface area (Å²) in [5, 5.41) is 0. The highest BCUT2D eigenvalue weighted by molar-refractivity contribution is 5.79. The number of hydrogen-bond acceptors (Lipinski definition) is 3. The molecule has 1 amide bonds. The first-order valence-corrected chi connectivity index (χ1v) is 9.27. The molecule has 130 valence electrons. The van der Waals surface area contributed by atoms with Crippen LogP contribution in [0.3, 0.4) is 0 Å². The minimum Gasteiger partial charge on any atom is -0.338 e. The quantitative estimate of drug-likeness (QED) is 0.865. The molecule has 3 heterocycles. The fraction of sp³-hybridized carbons (Fsp3) is 0.429. The minimum atomic E-state index is 0.128. The monoisotopic (exact) mass is 335 g/mol. The third-order valence-electron chi connectivity index (χ3n) is 5.41. The summed E-state index contributed by atoms with van der Waals surface area (Å²) in [6.07, 6.45) is 4.92. The lowest BCUT2D eigenvalue weighted by atomic mass is 9.94. The molecule has 1 atom stereocenters. The van der Waals surface area contributed by atoms with E-state index in [1.54, 1.807) is 0 Å². The Bertz CT molecular complexity index is 731. The zero-order valence-corrected chi connectivity index (χ0v) is 14.6. The van der Waals surface area contributed by atoms with E-state index in [4.69, 9.17) is 0 Å². The van der Waals surface area contributed by atoms with Gasteiger partial charge in [-0.1, -0.05) is 30.3 Å². The molecule has 0 saturated carbocycles. The Morgan fingerprint density at radius 1 is 1.08 bits per heavy atom. The Labute approximate surface area is 149 Å². The number of likely N-dealkylation sites (tertiary alicyclic amines) is 1. The molecule has 0 spiro atoms. The zero-order valence-electron chi connectivity index (χ0n) is 14.6. The molecule has 25 heavy (non-hydrogen) atoms. The molecule has 4 heteroatoms. The van der Waals surface area contributed by atoms with Crippen LogP contribution in [0.25, 0.3) is 0 Å². The number of fused-ring (bicyclic) bond motifs is 1. The van der Waals surface area contributed by atoms with Gasteiger partial charge in [0.2, 0.25) is 5.91 Å². The molecule has 2 aliphatic rings. The van der Waals surface area contributed by atoms with Crippen LogP contribution in [0.15, 0.2) is 48.7 Å². The van der Waals surface area contributed by atoms with E-state index in [9.17, 15) is 4.79 Å². The van der Waals surface area contributed by atoms with E-state index in [-0.39, 0.29) is 5.92 Å². The van der Waals surface area contributed by atoms with E-state index in [0.717, 1.165) is 57.7 Å². The average Bonchev–Trinajstić information content (AvgIpc) is 2.68. The molecule has 1 aromatic heterocycles. The molecule has 1 saturated heterocycles. The number of nitrogens with zero attached hydrogens (tertiary/aromatic N) is 3. The van der Waals surface area contributed by atoms with Crippen molar-refractivity contribution in [2.75, 3.05) is 19.6 Å². The predicted molar refractivity (Wildman–Crippen MR) is 97.8 cm³/mol. The standard InChI is InChI=1S/C21H25N3O/c25-21(24-13-10-17-6-1-2-7-18(17)15-24)19-8-5-12-23(14-19)16-20-9-3-4-11-22-20/h1-4,6-7,9,11,19H,5,8,10,12-16H2. The first kappa shape index (κ1) is 16.3. The van der Waals surface area contributed by atoms with Crippen LogP contribution in [0.1, 0.15) is 29.7 Å². The highest BCUT2D eigenvalue weighted by Crippen LogP contribution is 2.24. The van der Waals surface area contributed by atoms with Crippen LogP contribution < -0.4 is 0 Å². The lowest BCUT2D eigenvalue weighted by Crippen LogP contribution is -2.46. The molecular formula is C21H25N3O. The first-order valence-electron chi connectivity index (χ1n) is 9.27. The van der Waals surface area contributed by atoms with Crippen molar-refractivity contribution in [2.24, 2.45) is 5.92 Å². The molecule has 1 unspecified atom stereocenters. The van der Waals surface area contributed by atoms with Crippen LogP contribution in [0.5, 0.6) is 0 Å². The SMILES string of the molecule is O=C(C1CCCN(Cc2ccccn2)C1)N1CCc2ccccc2C1. The minimum absolute atomic E-state index is 0.128. The summed E-state index contributed by atoms with van der Waals surface area (Å²) in [5.74, 6) is 0.461. The smallest absolute Gasteiger partial charge is 0.227 e. The van der Waals surface area contributed by atoms with Crippen molar-refractivity contribution in [3.8, 4) is 0 Å². The highest BCUT2D eigenvalue weighted by atomic mass is 16.2. The van der Waals surface area contributed by atoms with Crippen LogP contribution in [0, 0.1) is 5.92 Å². The molecule has 0 radical (unpaired) electrons. The van der Waals surface area contributed by atoms with Crippen LogP contribution >= 0.6 is 0 Å². The maximum absolute atomic E-state index is 13.0. The Morgan fingerprint density at radius 3 is 2.76 bits per heavy atom. The van der Waals surface area contributed by atoms with Gasteiger partial charge in [0, 0.05) is 32.4 Å². The number of amides is 1. The van der Waals surface area contributed by atoms with E-state index < -0.39 is 0 Å². The molecule has 4 rings (SSSR count). The second-order valence-electron chi connectivity index (χ2n) is 7.17. The number of rotatable bonds is 3. The number of aromatic nitrogens is 1. The number of carbonyl (C=O) groups excluding carboxylic acids is 1. The number of benzene rings is 1. The molecule has 0 bridgehead atoms. The first-order chi connectivity index (χ1) is 12.3. The number of carbonyl (C=O) groups is 1. The van der Waals surface area contributed by atoms with Gasteiger partial charge in [0.15, 0.2) is 0 Å². The Hall–Kier alpha value is -2.20. The van der Waals surface area contributed by atoms with Crippen molar-refractivity contribution in [2.45, 2.75) is 32.4 Å². The summed E-state index contributed by atoms with van der Waals surface area (Å²) < 4.78 is 0. The third kappa shape index (κ3) is 3.74. The van der Waals surface area contributed by atoms with Crippen molar-refractivity contribution in [3.05, 3.63) is 65.5 Å². The molecule has 2 aromatic rings. The lowest BCUT2D eigenvalue weighted by Gasteiger charge is -2.36. The van der Waals surface area contributed by atoms with E-state index in [2.05, 4.69) is 45.1 Å². The average molecular weight is 335 g/mol. The fourth-order valence-corrected chi connectivity index (χ4v) is 4.06. The maximum Gasteiger partial charge on any atom is 0.227 e. The number of pyridine rings is 1. The van der Waals surface area contributed by atoms with Crippen molar-refractivity contribution in [1.29, 1.82) is 0 Å². The van der Waals surface area contributed by atoms with Gasteiger partial charge in [-0.2, -0.15) is 0 Å². The maximum atomic E-state index is 13.0. The van der Waals surface area contributed by atoms with Crippen molar-refractivity contribution >= 4 is 5.91 Å². The van der Waals surface area contributed by atoms with Gasteiger partial charge >= 0.3 is 0 Å². The second kappa shape index (κ2) is 7.36. The Kier molecular flexibility index (Phi) is 4.79. The topological polar surface area (TPSA) is 36.4 Å². The highest BCUT2D eigenvalue weighted by Gasteiger charge is 2.30. The van der Waals surface area contributed by atoms with Gasteiger partial charge in [0.25, 0.3) is 0 Å². The van der Waals surface area contributed by atoms with Gasteiger partial charge in [-0.25, -0.2) is 0 Å². The van der Waals surface area contributed by atoms with Gasteiger partial charge in [0.05, 0.1) is 11.6 Å². The van der Waals surface area contributed by atoms with Crippen LogP contribution in [0.2, 0.25) is 0 Å². The van der Waals surface area contributed by atoms with Gasteiger partial charge in [0.1, 0.15) is 0 Å². The molecule has 1 aromatic carbocycles. The van der Waals surface area contributed by atoms with Crippen LogP contribution in [0.4, 0.5) is 0 Å². The summed E-state index contributed by atoms with van der Waals surface area (Å²) >= 11 is 0. The van der Waals surface area contributed by atoms with E-state index in [0.29, 0.717) is 5.91 Å². The number of hydrogen-bond donors (Lipinski definition) is 0. The Balaban J connectivity index is 1.39. The summed E-state index contributed by atoms with van der Waals surface area (Å²) in [4.78, 5) is 21.9. The molecular weight excluding hydrogens is 310 g/mol. The molecule has 0 aliphatic carbocycles. The van der Waals surface area contributed by atoms with E-state index >= 15 is 0 Å². The van der Waals surface area contributed by atoms with Gasteiger partial charge < -0.3 is 4.90 Å². The predicted octanol–water partition coefficient (Wildman–Crippen LogP) is 2.88. The molecule has 1 fully saturated rings. The summed E-state index contributed by atoms with van der Waals surface area (Å²) in [5.41, 5.74) is 3.79. The summed E-state index contributed by atoms with van der Waals surface area (Å²) in [6, 6.07) is 14.5. The number of piperidine rings is 1. The third-order valence-corrected chi connectivity index (χ3v) is 5.41. The van der Waals surface area contributed by atoms with Crippen molar-refractivity contribution in [1.82, 2.24) is 14.8 Å². The fourth-order valence-electron chi connectivity index (χ4n) is 4.06. The molecule has 0 N–H and O–H groups in total. The van der Waals surface area contributed by atoms with Gasteiger partial charge in [-0.05, 0) is 49.1 Å². The second-order valence-corrected chi connectivity index (χ2v) is 7.17. The lowest BCUT2D eigenvalue weighted by molar-refractivity contribution is -0.138. The summed E-state index contributed by atoms with van der Waals surface area (Å²) in [7, 11) is 0.